The number of likely N-dealkylation sites (N-methyl/N-ethyl adjacent to an activating group) is 1. The van der Waals surface area contributed by atoms with Crippen LogP contribution in [0.2, 0.25) is 0 Å². The van der Waals surface area contributed by atoms with Crippen LogP contribution in [0.25, 0.3) is 0 Å². The highest BCUT2D eigenvalue weighted by molar-refractivity contribution is 5.28. The molecule has 0 spiro atoms. The smallest absolute Gasteiger partial charge is 0.119 e. The second kappa shape index (κ2) is 7.48. The molecule has 0 amide bonds. The largest absolute Gasteiger partial charge is 0.492 e. The molecule has 1 aliphatic rings. The van der Waals surface area contributed by atoms with Crippen molar-refractivity contribution in [2.24, 2.45) is 5.92 Å². The molecule has 1 saturated heterocycles. The Kier molecular flexibility index (Phi) is 5.63. The van der Waals surface area contributed by atoms with Crippen LogP contribution < -0.4 is 10.1 Å². The van der Waals surface area contributed by atoms with Crippen molar-refractivity contribution in [3.8, 4) is 5.75 Å². The summed E-state index contributed by atoms with van der Waals surface area (Å²) in [5.41, 5.74) is 1.13. The summed E-state index contributed by atoms with van der Waals surface area (Å²) in [4.78, 5) is 0. The number of methoxy groups -OCH3 is 1. The Morgan fingerprint density at radius 3 is 3.05 bits per heavy atom. The van der Waals surface area contributed by atoms with E-state index in [2.05, 4.69) is 5.32 Å². The van der Waals surface area contributed by atoms with Gasteiger partial charge in [0, 0.05) is 25.7 Å². The van der Waals surface area contributed by atoms with Crippen LogP contribution in [0.1, 0.15) is 12.0 Å². The molecule has 1 aliphatic heterocycles. The molecule has 1 aromatic carbocycles. The first-order valence-corrected chi connectivity index (χ1v) is 6.79. The fourth-order valence-corrected chi connectivity index (χ4v) is 2.40. The van der Waals surface area contributed by atoms with E-state index in [1.807, 2.05) is 31.3 Å². The Labute approximate surface area is 115 Å². The zero-order valence-electron chi connectivity index (χ0n) is 11.7. The van der Waals surface area contributed by atoms with Crippen molar-refractivity contribution in [1.82, 2.24) is 5.32 Å². The Balaban J connectivity index is 1.87. The molecule has 1 fully saturated rings. The average Bonchev–Trinajstić information content (AvgIpc) is 2.94. The molecule has 1 heterocycles. The first kappa shape index (κ1) is 14.3. The number of nitrogens with one attached hydrogen (secondary N) is 1. The van der Waals surface area contributed by atoms with Crippen molar-refractivity contribution in [1.29, 1.82) is 0 Å². The average molecular weight is 265 g/mol. The van der Waals surface area contributed by atoms with Crippen molar-refractivity contribution in [2.75, 3.05) is 34.0 Å². The van der Waals surface area contributed by atoms with E-state index in [1.54, 1.807) is 7.11 Å². The maximum Gasteiger partial charge on any atom is 0.119 e. The molecule has 19 heavy (non-hydrogen) atoms. The van der Waals surface area contributed by atoms with Crippen LogP contribution in [0, 0.1) is 5.92 Å². The zero-order valence-corrected chi connectivity index (χ0v) is 11.7. The molecule has 1 aromatic rings. The summed E-state index contributed by atoms with van der Waals surface area (Å²) in [6.45, 7) is 2.98. The zero-order chi connectivity index (χ0) is 13.5. The Bertz CT molecular complexity index is 377. The highest BCUT2D eigenvalue weighted by Crippen LogP contribution is 2.19. The highest BCUT2D eigenvalue weighted by Gasteiger charge is 2.24. The molecular weight excluding hydrogens is 242 g/mol. The quantitative estimate of drug-likeness (QED) is 0.816. The number of ether oxygens (including phenoxy) is 3. The number of benzene rings is 1. The summed E-state index contributed by atoms with van der Waals surface area (Å²) in [6, 6.07) is 8.39. The Hall–Kier alpha value is -1.10. The molecule has 0 radical (unpaired) electrons. The predicted molar refractivity (Wildman–Crippen MR) is 74.4 cm³/mol. The number of hydrogen-bond acceptors (Lipinski definition) is 4. The summed E-state index contributed by atoms with van der Waals surface area (Å²) >= 11 is 0. The maximum absolute atomic E-state index is 5.88. The fraction of sp³-hybridized carbons (Fsp3) is 0.600. The van der Waals surface area contributed by atoms with Gasteiger partial charge in [-0.1, -0.05) is 12.1 Å². The van der Waals surface area contributed by atoms with E-state index in [0.29, 0.717) is 25.2 Å². The fourth-order valence-electron chi connectivity index (χ4n) is 2.40. The van der Waals surface area contributed by atoms with Gasteiger partial charge in [-0.2, -0.15) is 0 Å². The van der Waals surface area contributed by atoms with Gasteiger partial charge in [0.05, 0.1) is 13.2 Å². The van der Waals surface area contributed by atoms with Gasteiger partial charge in [-0.15, -0.1) is 0 Å². The normalized spacial score (nSPS) is 20.4. The standard InChI is InChI=1S/C15H23NO3/c1-16-15(13-6-7-18-10-13)11-19-14-5-3-4-12(8-14)9-17-2/h3-5,8,13,15-16H,6-7,9-11H2,1-2H3. The molecule has 0 bridgehead atoms. The number of rotatable bonds is 7. The Morgan fingerprint density at radius 1 is 1.47 bits per heavy atom. The molecule has 2 rings (SSSR count). The lowest BCUT2D eigenvalue weighted by molar-refractivity contribution is 0.162. The van der Waals surface area contributed by atoms with E-state index in [1.165, 1.54) is 0 Å². The second-order valence-corrected chi connectivity index (χ2v) is 4.91. The van der Waals surface area contributed by atoms with Crippen molar-refractivity contribution in [3.63, 3.8) is 0 Å². The molecule has 4 nitrogen and oxygen atoms in total. The van der Waals surface area contributed by atoms with Crippen molar-refractivity contribution in [2.45, 2.75) is 19.1 Å². The molecule has 0 saturated carbocycles. The highest BCUT2D eigenvalue weighted by atomic mass is 16.5. The van der Waals surface area contributed by atoms with Gasteiger partial charge in [0.15, 0.2) is 0 Å². The summed E-state index contributed by atoms with van der Waals surface area (Å²) in [6.07, 6.45) is 1.11. The minimum Gasteiger partial charge on any atom is -0.492 e. The SMILES string of the molecule is CNC(COc1cccc(COC)c1)C1CCOC1. The summed E-state index contributed by atoms with van der Waals surface area (Å²) in [5, 5.41) is 3.32. The van der Waals surface area contributed by atoms with Gasteiger partial charge in [0.25, 0.3) is 0 Å². The molecule has 2 atom stereocenters. The lowest BCUT2D eigenvalue weighted by Gasteiger charge is -2.22. The molecule has 0 aliphatic carbocycles. The van der Waals surface area contributed by atoms with Gasteiger partial charge < -0.3 is 19.5 Å². The van der Waals surface area contributed by atoms with Crippen LogP contribution in [-0.4, -0.2) is 40.0 Å². The molecule has 2 unspecified atom stereocenters. The third kappa shape index (κ3) is 4.20. The van der Waals surface area contributed by atoms with E-state index in [9.17, 15) is 0 Å². The lowest BCUT2D eigenvalue weighted by Crippen LogP contribution is -2.39. The third-order valence-corrected chi connectivity index (χ3v) is 3.54. The van der Waals surface area contributed by atoms with Crippen LogP contribution in [0.3, 0.4) is 0 Å². The summed E-state index contributed by atoms with van der Waals surface area (Å²) in [5.74, 6) is 1.45. The van der Waals surface area contributed by atoms with Gasteiger partial charge in [-0.25, -0.2) is 0 Å². The molecule has 106 valence electrons. The van der Waals surface area contributed by atoms with Crippen molar-refractivity contribution in [3.05, 3.63) is 29.8 Å². The second-order valence-electron chi connectivity index (χ2n) is 4.91. The topological polar surface area (TPSA) is 39.7 Å². The molecular formula is C15H23NO3. The van der Waals surface area contributed by atoms with Crippen molar-refractivity contribution >= 4 is 0 Å². The van der Waals surface area contributed by atoms with E-state index in [4.69, 9.17) is 14.2 Å². The first-order valence-electron chi connectivity index (χ1n) is 6.79. The van der Waals surface area contributed by atoms with Crippen LogP contribution in [0.5, 0.6) is 5.75 Å². The molecule has 1 N–H and O–H groups in total. The van der Waals surface area contributed by atoms with Crippen LogP contribution in [0.4, 0.5) is 0 Å². The minimum absolute atomic E-state index is 0.341. The molecule has 0 aromatic heterocycles. The van der Waals surface area contributed by atoms with E-state index < -0.39 is 0 Å². The van der Waals surface area contributed by atoms with Crippen molar-refractivity contribution < 1.29 is 14.2 Å². The summed E-state index contributed by atoms with van der Waals surface area (Å²) < 4.78 is 16.4. The maximum atomic E-state index is 5.88. The van der Waals surface area contributed by atoms with E-state index in [0.717, 1.165) is 30.9 Å². The van der Waals surface area contributed by atoms with Gasteiger partial charge in [0.1, 0.15) is 12.4 Å². The van der Waals surface area contributed by atoms with Gasteiger partial charge in [0.2, 0.25) is 0 Å². The lowest BCUT2D eigenvalue weighted by atomic mass is 10.00. The van der Waals surface area contributed by atoms with Crippen LogP contribution >= 0.6 is 0 Å². The Morgan fingerprint density at radius 2 is 2.37 bits per heavy atom. The van der Waals surface area contributed by atoms with Gasteiger partial charge >= 0.3 is 0 Å². The number of hydrogen-bond donors (Lipinski definition) is 1. The van der Waals surface area contributed by atoms with Gasteiger partial charge in [-0.05, 0) is 31.2 Å². The van der Waals surface area contributed by atoms with Gasteiger partial charge in [-0.3, -0.25) is 0 Å². The monoisotopic (exact) mass is 265 g/mol. The summed E-state index contributed by atoms with van der Waals surface area (Å²) in [7, 11) is 3.68. The predicted octanol–water partition coefficient (Wildman–Crippen LogP) is 1.84. The minimum atomic E-state index is 0.341. The van der Waals surface area contributed by atoms with E-state index in [-0.39, 0.29) is 0 Å². The van der Waals surface area contributed by atoms with Crippen LogP contribution in [-0.2, 0) is 16.1 Å². The van der Waals surface area contributed by atoms with Crippen LogP contribution in [0.15, 0.2) is 24.3 Å². The first-order chi connectivity index (χ1) is 9.33. The molecule has 4 heteroatoms. The van der Waals surface area contributed by atoms with E-state index >= 15 is 0 Å². The third-order valence-electron chi connectivity index (χ3n) is 3.54.